The molecule has 27 heavy (non-hydrogen) atoms. The summed E-state index contributed by atoms with van der Waals surface area (Å²) in [6, 6.07) is 0. The Bertz CT molecular complexity index is 762. The largest absolute Gasteiger partial charge is 0.446 e. The van der Waals surface area contributed by atoms with Crippen LogP contribution in [-0.4, -0.2) is 23.1 Å². The van der Waals surface area contributed by atoms with E-state index in [1.807, 2.05) is 6.08 Å². The molecule has 3 fully saturated rings. The maximum absolute atomic E-state index is 12.8. The highest BCUT2D eigenvalue weighted by atomic mass is 16.6. The molecule has 0 aliphatic heterocycles. The molecule has 0 aromatic rings. The molecule has 4 nitrogen and oxygen atoms in total. The molecule has 0 amide bonds. The molecule has 0 N–H and O–H groups in total. The summed E-state index contributed by atoms with van der Waals surface area (Å²) in [5, 5.41) is 0. The van der Waals surface area contributed by atoms with E-state index in [0.717, 1.165) is 44.1 Å². The van der Waals surface area contributed by atoms with Crippen molar-refractivity contribution in [3.63, 3.8) is 0 Å². The van der Waals surface area contributed by atoms with E-state index in [4.69, 9.17) is 4.74 Å². The average Bonchev–Trinajstić information content (AvgIpc) is 2.82. The number of carbonyl (C=O) groups excluding carboxylic acids is 3. The van der Waals surface area contributed by atoms with Gasteiger partial charge in [-0.2, -0.15) is 0 Å². The summed E-state index contributed by atoms with van der Waals surface area (Å²) in [4.78, 5) is 36.6. The van der Waals surface area contributed by atoms with Crippen LogP contribution < -0.4 is 0 Å². The van der Waals surface area contributed by atoms with Gasteiger partial charge in [0.15, 0.2) is 17.2 Å². The van der Waals surface area contributed by atoms with Crippen molar-refractivity contribution in [2.75, 3.05) is 0 Å². The van der Waals surface area contributed by atoms with Gasteiger partial charge in [0.25, 0.3) is 0 Å². The Kier molecular flexibility index (Phi) is 4.25. The molecule has 0 radical (unpaired) electrons. The number of hydrogen-bond acceptors (Lipinski definition) is 4. The van der Waals surface area contributed by atoms with Crippen molar-refractivity contribution in [2.45, 2.75) is 71.3 Å². The molecule has 6 atom stereocenters. The number of esters is 1. The zero-order valence-electron chi connectivity index (χ0n) is 16.7. The van der Waals surface area contributed by atoms with Crippen LogP contribution in [0, 0.1) is 29.1 Å². The monoisotopic (exact) mass is 370 g/mol. The van der Waals surface area contributed by atoms with Crippen LogP contribution in [0.2, 0.25) is 0 Å². The highest BCUT2D eigenvalue weighted by molar-refractivity contribution is 5.93. The number of ketones is 2. The number of Topliss-reactive ketones (excluding diaryl/α,β-unsaturated/α-hetero) is 1. The van der Waals surface area contributed by atoms with Gasteiger partial charge < -0.3 is 4.74 Å². The molecule has 0 aromatic carbocycles. The quantitative estimate of drug-likeness (QED) is 0.540. The van der Waals surface area contributed by atoms with E-state index in [1.54, 1.807) is 6.92 Å². The van der Waals surface area contributed by atoms with E-state index in [0.29, 0.717) is 30.1 Å². The van der Waals surface area contributed by atoms with Crippen LogP contribution in [0.4, 0.5) is 0 Å². The Labute approximate surface area is 161 Å². The smallest absolute Gasteiger partial charge is 0.303 e. The van der Waals surface area contributed by atoms with Gasteiger partial charge in [0.2, 0.25) is 0 Å². The molecule has 0 saturated heterocycles. The Hall–Kier alpha value is -1.71. The number of fused-ring (bicyclic) bond motifs is 5. The fraction of sp³-hybridized carbons (Fsp3) is 0.696. The fourth-order valence-electron chi connectivity index (χ4n) is 7.25. The molecule has 1 unspecified atom stereocenters. The molecular formula is C23H30O4. The van der Waals surface area contributed by atoms with Crippen molar-refractivity contribution in [1.82, 2.24) is 0 Å². The molecule has 4 aliphatic rings. The maximum atomic E-state index is 12.8. The summed E-state index contributed by atoms with van der Waals surface area (Å²) >= 11 is 0. The van der Waals surface area contributed by atoms with Crippen molar-refractivity contribution < 1.29 is 19.1 Å². The molecular weight excluding hydrogens is 340 g/mol. The minimum atomic E-state index is -1.17. The topological polar surface area (TPSA) is 60.4 Å². The molecule has 0 spiro atoms. The molecule has 3 saturated carbocycles. The predicted molar refractivity (Wildman–Crippen MR) is 102 cm³/mol. The fourth-order valence-corrected chi connectivity index (χ4v) is 7.25. The molecule has 4 aliphatic carbocycles. The average molecular weight is 370 g/mol. The number of allylic oxidation sites excluding steroid dienone is 1. The number of carbonyl (C=O) groups is 3. The summed E-state index contributed by atoms with van der Waals surface area (Å²) in [7, 11) is 0. The van der Waals surface area contributed by atoms with E-state index in [2.05, 4.69) is 13.5 Å². The van der Waals surface area contributed by atoms with Gasteiger partial charge in [-0.25, -0.2) is 0 Å². The van der Waals surface area contributed by atoms with Crippen molar-refractivity contribution in [3.05, 3.63) is 23.8 Å². The summed E-state index contributed by atoms with van der Waals surface area (Å²) in [5.41, 5.74) is 0.575. The zero-order chi connectivity index (χ0) is 19.6. The van der Waals surface area contributed by atoms with E-state index in [9.17, 15) is 14.4 Å². The highest BCUT2D eigenvalue weighted by Crippen LogP contribution is 2.67. The first-order valence-electron chi connectivity index (χ1n) is 10.3. The summed E-state index contributed by atoms with van der Waals surface area (Å²) in [6.45, 7) is 9.30. The van der Waals surface area contributed by atoms with E-state index < -0.39 is 11.6 Å². The molecule has 0 heterocycles. The minimum Gasteiger partial charge on any atom is -0.446 e. The Morgan fingerprint density at radius 3 is 2.56 bits per heavy atom. The normalized spacial score (nSPS) is 43.3. The van der Waals surface area contributed by atoms with E-state index >= 15 is 0 Å². The van der Waals surface area contributed by atoms with Gasteiger partial charge in [0.1, 0.15) is 0 Å². The molecule has 146 valence electrons. The Morgan fingerprint density at radius 2 is 1.89 bits per heavy atom. The molecule has 0 aromatic heterocycles. The van der Waals surface area contributed by atoms with Crippen molar-refractivity contribution in [3.8, 4) is 0 Å². The lowest BCUT2D eigenvalue weighted by atomic mass is 9.50. The standard InChI is InChI=1S/C23H30O4/c1-13-11-21-20-7-5-16-12-17(26)6-8-18(16)19(20)9-10-22(21,4)23(13,14(2)24)27-15(3)25/h12,18-21H,1,5-11H2,2-4H3/t18-,19?,20-,21+,22+,23-/m1/s1. The first-order chi connectivity index (χ1) is 12.7. The SMILES string of the molecule is C=C1C[C@H]2[C@@H]3CCC4=CC(=O)CC[C@H]4C3CC[C@]2(C)[C@]1(OC(C)=O)C(C)=O. The second-order valence-corrected chi connectivity index (χ2v) is 9.40. The predicted octanol–water partition coefficient (Wildman–Crippen LogP) is 4.19. The van der Waals surface area contributed by atoms with E-state index in [1.165, 1.54) is 12.5 Å². The lowest BCUT2D eigenvalue weighted by Gasteiger charge is -2.55. The first kappa shape index (κ1) is 18.6. The third kappa shape index (κ3) is 2.44. The van der Waals surface area contributed by atoms with Crippen LogP contribution in [-0.2, 0) is 19.1 Å². The third-order valence-corrected chi connectivity index (χ3v) is 8.25. The zero-order valence-corrected chi connectivity index (χ0v) is 16.7. The summed E-state index contributed by atoms with van der Waals surface area (Å²) in [6.07, 6.45) is 8.23. The van der Waals surface area contributed by atoms with Crippen molar-refractivity contribution >= 4 is 17.5 Å². The second-order valence-electron chi connectivity index (χ2n) is 9.40. The van der Waals surface area contributed by atoms with Gasteiger partial charge in [0, 0.05) is 18.8 Å². The van der Waals surface area contributed by atoms with Crippen LogP contribution in [0.1, 0.15) is 65.7 Å². The first-order valence-corrected chi connectivity index (χ1v) is 10.3. The number of ether oxygens (including phenoxy) is 1. The van der Waals surface area contributed by atoms with Crippen molar-refractivity contribution in [1.29, 1.82) is 0 Å². The van der Waals surface area contributed by atoms with Gasteiger partial charge in [0.05, 0.1) is 0 Å². The molecule has 0 bridgehead atoms. The number of hydrogen-bond donors (Lipinski definition) is 0. The van der Waals surface area contributed by atoms with Crippen molar-refractivity contribution in [2.24, 2.45) is 29.1 Å². The van der Waals surface area contributed by atoms with Gasteiger partial charge in [-0.05, 0) is 80.8 Å². The van der Waals surface area contributed by atoms with Gasteiger partial charge in [-0.1, -0.05) is 19.1 Å². The van der Waals surface area contributed by atoms with Crippen LogP contribution >= 0.6 is 0 Å². The number of rotatable bonds is 2. The summed E-state index contributed by atoms with van der Waals surface area (Å²) in [5.74, 6) is 1.68. The van der Waals surface area contributed by atoms with Crippen LogP contribution in [0.3, 0.4) is 0 Å². The third-order valence-electron chi connectivity index (χ3n) is 8.25. The van der Waals surface area contributed by atoms with E-state index in [-0.39, 0.29) is 17.0 Å². The van der Waals surface area contributed by atoms with Gasteiger partial charge >= 0.3 is 5.97 Å². The van der Waals surface area contributed by atoms with Gasteiger partial charge in [-0.3, -0.25) is 14.4 Å². The summed E-state index contributed by atoms with van der Waals surface area (Å²) < 4.78 is 5.80. The lowest BCUT2D eigenvalue weighted by molar-refractivity contribution is -0.180. The second kappa shape index (κ2) is 6.15. The Morgan fingerprint density at radius 1 is 1.15 bits per heavy atom. The molecule has 4 heteroatoms. The van der Waals surface area contributed by atoms with Crippen LogP contribution in [0.5, 0.6) is 0 Å². The Balaban J connectivity index is 1.71. The lowest BCUT2D eigenvalue weighted by Crippen LogP contribution is -2.58. The molecule has 4 rings (SSSR count). The minimum absolute atomic E-state index is 0.0918. The van der Waals surface area contributed by atoms with Crippen LogP contribution in [0.25, 0.3) is 0 Å². The maximum Gasteiger partial charge on any atom is 0.303 e. The van der Waals surface area contributed by atoms with Gasteiger partial charge in [-0.15, -0.1) is 0 Å². The highest BCUT2D eigenvalue weighted by Gasteiger charge is 2.68. The van der Waals surface area contributed by atoms with Crippen LogP contribution in [0.15, 0.2) is 23.8 Å².